The first-order valence-corrected chi connectivity index (χ1v) is 13.3. The third-order valence-electron chi connectivity index (χ3n) is 4.61. The van der Waals surface area contributed by atoms with Crippen molar-refractivity contribution in [1.82, 2.24) is 0 Å². The van der Waals surface area contributed by atoms with Crippen molar-refractivity contribution in [2.24, 2.45) is 5.14 Å². The smallest absolute Gasteiger partial charge is 0.238 e. The molecular formula is C19H21N3O6S3. The molecule has 2 aromatic rings. The first-order valence-electron chi connectivity index (χ1n) is 9.20. The summed E-state index contributed by atoms with van der Waals surface area (Å²) in [4.78, 5) is 24.8. The molecule has 0 radical (unpaired) electrons. The molecule has 2 amide bonds. The molecule has 9 nitrogen and oxygen atoms in total. The van der Waals surface area contributed by atoms with Gasteiger partial charge >= 0.3 is 0 Å². The third kappa shape index (κ3) is 5.64. The van der Waals surface area contributed by atoms with Crippen LogP contribution in [-0.4, -0.2) is 39.7 Å². The molecular weight excluding hydrogens is 462 g/mol. The maximum absolute atomic E-state index is 12.9. The van der Waals surface area contributed by atoms with Gasteiger partial charge in [0.25, 0.3) is 0 Å². The standard InChI is InChI=1S/C19H21N3O6S3/c1-12(10-19(24)21-13-2-4-14(5-3-13)31(20,27)28)30(25,26)15-6-7-17-16(11-15)22-18(23)8-9-29-17/h2-7,11-12H,8-10H2,1H3,(H,21,24)(H,22,23)(H2,20,27,28)/t12-/m1/s1. The van der Waals surface area contributed by atoms with Gasteiger partial charge in [-0.05, 0) is 49.4 Å². The molecule has 0 aromatic heterocycles. The summed E-state index contributed by atoms with van der Waals surface area (Å²) in [5.74, 6) is -0.112. The number of hydrogen-bond acceptors (Lipinski definition) is 7. The molecule has 0 saturated carbocycles. The highest BCUT2D eigenvalue weighted by atomic mass is 32.2. The number of benzene rings is 2. The van der Waals surface area contributed by atoms with Crippen LogP contribution in [0, 0.1) is 0 Å². The number of anilines is 2. The quantitative estimate of drug-likeness (QED) is 0.568. The van der Waals surface area contributed by atoms with Crippen LogP contribution >= 0.6 is 11.8 Å². The fourth-order valence-electron chi connectivity index (χ4n) is 2.92. The van der Waals surface area contributed by atoms with E-state index in [-0.39, 0.29) is 22.1 Å². The Morgan fingerprint density at radius 1 is 1.13 bits per heavy atom. The predicted molar refractivity (Wildman–Crippen MR) is 118 cm³/mol. The van der Waals surface area contributed by atoms with E-state index in [2.05, 4.69) is 10.6 Å². The van der Waals surface area contributed by atoms with Gasteiger partial charge in [-0.3, -0.25) is 9.59 Å². The Morgan fingerprint density at radius 2 is 1.77 bits per heavy atom. The number of rotatable bonds is 6. The normalized spacial score (nSPS) is 15.4. The minimum Gasteiger partial charge on any atom is -0.326 e. The Labute approximate surface area is 184 Å². The first kappa shape index (κ1) is 23.3. The molecule has 0 unspecified atom stereocenters. The Bertz CT molecular complexity index is 1230. The molecule has 4 N–H and O–H groups in total. The number of fused-ring (bicyclic) bond motifs is 1. The number of sulfonamides is 1. The SMILES string of the molecule is C[C@H](CC(=O)Nc1ccc(S(N)(=O)=O)cc1)S(=O)(=O)c1ccc2c(c1)NC(=O)CCS2. The zero-order valence-electron chi connectivity index (χ0n) is 16.5. The summed E-state index contributed by atoms with van der Waals surface area (Å²) in [5.41, 5.74) is 0.756. The van der Waals surface area contributed by atoms with Crippen LogP contribution in [0.1, 0.15) is 19.8 Å². The molecule has 0 fully saturated rings. The molecule has 12 heteroatoms. The highest BCUT2D eigenvalue weighted by Gasteiger charge is 2.27. The van der Waals surface area contributed by atoms with Gasteiger partial charge in [0.2, 0.25) is 21.8 Å². The summed E-state index contributed by atoms with van der Waals surface area (Å²) in [5, 5.41) is 9.25. The molecule has 1 aliphatic heterocycles. The first-order chi connectivity index (χ1) is 14.5. The van der Waals surface area contributed by atoms with Gasteiger partial charge in [0, 0.05) is 29.2 Å². The summed E-state index contributed by atoms with van der Waals surface area (Å²) < 4.78 is 48.5. The fourth-order valence-corrected chi connectivity index (χ4v) is 5.75. The topological polar surface area (TPSA) is 152 Å². The second-order valence-corrected chi connectivity index (χ2v) is 12.0. The van der Waals surface area contributed by atoms with E-state index in [0.717, 1.165) is 4.90 Å². The van der Waals surface area contributed by atoms with Crippen LogP contribution in [0.15, 0.2) is 57.2 Å². The Hall–Kier alpha value is -2.41. The van der Waals surface area contributed by atoms with Crippen LogP contribution in [0.25, 0.3) is 0 Å². The molecule has 1 aliphatic rings. The maximum Gasteiger partial charge on any atom is 0.238 e. The third-order valence-corrected chi connectivity index (χ3v) is 8.75. The van der Waals surface area contributed by atoms with E-state index in [1.165, 1.54) is 55.1 Å². The summed E-state index contributed by atoms with van der Waals surface area (Å²) in [6.07, 6.45) is 0.0354. The van der Waals surface area contributed by atoms with Crippen molar-refractivity contribution >= 4 is 54.8 Å². The van der Waals surface area contributed by atoms with E-state index < -0.39 is 31.0 Å². The van der Waals surface area contributed by atoms with Crippen molar-refractivity contribution in [2.75, 3.05) is 16.4 Å². The van der Waals surface area contributed by atoms with Crippen LogP contribution in [0.5, 0.6) is 0 Å². The van der Waals surface area contributed by atoms with E-state index in [4.69, 9.17) is 5.14 Å². The Balaban J connectivity index is 1.71. The van der Waals surface area contributed by atoms with Gasteiger partial charge in [-0.15, -0.1) is 11.8 Å². The van der Waals surface area contributed by atoms with Gasteiger partial charge in [0.15, 0.2) is 9.84 Å². The van der Waals surface area contributed by atoms with Gasteiger partial charge in [0.05, 0.1) is 20.7 Å². The molecule has 0 saturated heterocycles. The van der Waals surface area contributed by atoms with Crippen molar-refractivity contribution in [3.63, 3.8) is 0 Å². The van der Waals surface area contributed by atoms with E-state index in [1.807, 2.05) is 0 Å². The summed E-state index contributed by atoms with van der Waals surface area (Å²) in [6.45, 7) is 1.43. The van der Waals surface area contributed by atoms with E-state index in [9.17, 15) is 26.4 Å². The molecule has 1 atom stereocenters. The predicted octanol–water partition coefficient (Wildman–Crippen LogP) is 1.96. The molecule has 2 aromatic carbocycles. The number of sulfone groups is 1. The second kappa shape index (κ2) is 8.99. The number of carbonyl (C=O) groups is 2. The summed E-state index contributed by atoms with van der Waals surface area (Å²) in [6, 6.07) is 9.76. The van der Waals surface area contributed by atoms with Crippen LogP contribution in [0.3, 0.4) is 0 Å². The lowest BCUT2D eigenvalue weighted by Crippen LogP contribution is -2.25. The monoisotopic (exact) mass is 483 g/mol. The van der Waals surface area contributed by atoms with Crippen LogP contribution in [-0.2, 0) is 29.4 Å². The number of primary sulfonamides is 1. The van der Waals surface area contributed by atoms with Crippen LogP contribution in [0.4, 0.5) is 11.4 Å². The van der Waals surface area contributed by atoms with E-state index in [0.29, 0.717) is 23.5 Å². The van der Waals surface area contributed by atoms with Crippen molar-refractivity contribution < 1.29 is 26.4 Å². The van der Waals surface area contributed by atoms with Gasteiger partial charge in [-0.25, -0.2) is 22.0 Å². The number of nitrogens with one attached hydrogen (secondary N) is 2. The Kier molecular flexibility index (Phi) is 6.74. The van der Waals surface area contributed by atoms with Gasteiger partial charge in [0.1, 0.15) is 0 Å². The molecule has 0 bridgehead atoms. The van der Waals surface area contributed by atoms with Crippen molar-refractivity contribution in [3.05, 3.63) is 42.5 Å². The van der Waals surface area contributed by atoms with Crippen LogP contribution < -0.4 is 15.8 Å². The Morgan fingerprint density at radius 3 is 2.42 bits per heavy atom. The second-order valence-electron chi connectivity index (χ2n) is 6.98. The minimum absolute atomic E-state index is 0.0202. The molecule has 1 heterocycles. The van der Waals surface area contributed by atoms with E-state index in [1.54, 1.807) is 6.07 Å². The lowest BCUT2D eigenvalue weighted by Gasteiger charge is -2.15. The average molecular weight is 484 g/mol. The molecule has 0 aliphatic carbocycles. The van der Waals surface area contributed by atoms with Crippen LogP contribution in [0.2, 0.25) is 0 Å². The zero-order chi connectivity index (χ0) is 22.8. The summed E-state index contributed by atoms with van der Waals surface area (Å²) >= 11 is 1.47. The number of nitrogens with two attached hydrogens (primary N) is 1. The lowest BCUT2D eigenvalue weighted by molar-refractivity contribution is -0.116. The molecule has 0 spiro atoms. The van der Waals surface area contributed by atoms with Gasteiger partial charge in [-0.2, -0.15) is 0 Å². The molecule has 3 rings (SSSR count). The van der Waals surface area contributed by atoms with Gasteiger partial charge < -0.3 is 10.6 Å². The highest BCUT2D eigenvalue weighted by Crippen LogP contribution is 2.33. The van der Waals surface area contributed by atoms with Gasteiger partial charge in [-0.1, -0.05) is 0 Å². The summed E-state index contributed by atoms with van der Waals surface area (Å²) in [7, 11) is -7.68. The fraction of sp³-hybridized carbons (Fsp3) is 0.263. The highest BCUT2D eigenvalue weighted by molar-refractivity contribution is 7.99. The van der Waals surface area contributed by atoms with E-state index >= 15 is 0 Å². The number of hydrogen-bond donors (Lipinski definition) is 3. The largest absolute Gasteiger partial charge is 0.326 e. The van der Waals surface area contributed by atoms with Crippen molar-refractivity contribution in [1.29, 1.82) is 0 Å². The zero-order valence-corrected chi connectivity index (χ0v) is 18.9. The molecule has 31 heavy (non-hydrogen) atoms. The lowest BCUT2D eigenvalue weighted by atomic mass is 10.3. The number of thioether (sulfide) groups is 1. The molecule has 166 valence electrons. The van der Waals surface area contributed by atoms with Crippen molar-refractivity contribution in [3.8, 4) is 0 Å². The minimum atomic E-state index is -3.85. The maximum atomic E-state index is 12.9. The number of carbonyl (C=O) groups excluding carboxylic acids is 2. The number of amides is 2. The average Bonchev–Trinajstić information content (AvgIpc) is 2.87. The van der Waals surface area contributed by atoms with Crippen molar-refractivity contribution in [2.45, 2.75) is 39.7 Å².